The fourth-order valence-electron chi connectivity index (χ4n) is 4.06. The number of benzene rings is 3. The molecule has 4 rings (SSSR count). The van der Waals surface area contributed by atoms with Crippen LogP contribution in [0.5, 0.6) is 0 Å². The van der Waals surface area contributed by atoms with E-state index in [0.717, 1.165) is 47.5 Å². The molecule has 0 saturated carbocycles. The van der Waals surface area contributed by atoms with Crippen molar-refractivity contribution in [3.05, 3.63) is 95.1 Å². The smallest absolute Gasteiger partial charge is 0.410 e. The van der Waals surface area contributed by atoms with Crippen LogP contribution in [0.25, 0.3) is 11.1 Å². The Morgan fingerprint density at radius 1 is 0.935 bits per heavy atom. The predicted octanol–water partition coefficient (Wildman–Crippen LogP) is 4.97. The van der Waals surface area contributed by atoms with Gasteiger partial charge in [0.05, 0.1) is 5.56 Å². The van der Waals surface area contributed by atoms with Gasteiger partial charge in [-0.1, -0.05) is 54.6 Å². The van der Waals surface area contributed by atoms with Gasteiger partial charge in [0.2, 0.25) is 0 Å². The van der Waals surface area contributed by atoms with E-state index in [0.29, 0.717) is 4.90 Å². The highest BCUT2D eigenvalue weighted by Crippen LogP contribution is 2.44. The largest absolute Gasteiger partial charge is 0.479 e. The van der Waals surface area contributed by atoms with Gasteiger partial charge in [-0.05, 0) is 34.4 Å². The number of carboxylic acid groups (broad SMARTS) is 1. The molecule has 1 amide bonds. The zero-order valence-corrected chi connectivity index (χ0v) is 16.6. The Hall–Kier alpha value is -3.74. The zero-order chi connectivity index (χ0) is 22.1. The average Bonchev–Trinajstić information content (AvgIpc) is 3.08. The molecule has 0 fully saturated rings. The number of aliphatic carboxylic acids is 1. The molecule has 0 spiro atoms. The van der Waals surface area contributed by atoms with Crippen molar-refractivity contribution in [3.63, 3.8) is 0 Å². The number of carboxylic acids is 1. The van der Waals surface area contributed by atoms with E-state index in [1.165, 1.54) is 0 Å². The second-order valence-corrected chi connectivity index (χ2v) is 7.29. The van der Waals surface area contributed by atoms with E-state index < -0.39 is 35.3 Å². The summed E-state index contributed by atoms with van der Waals surface area (Å²) in [6.45, 7) is -0.0384. The lowest BCUT2D eigenvalue weighted by Crippen LogP contribution is -2.37. The third-order valence-corrected chi connectivity index (χ3v) is 5.52. The first-order valence-electron chi connectivity index (χ1n) is 9.64. The Bertz CT molecular complexity index is 1100. The van der Waals surface area contributed by atoms with Crippen molar-refractivity contribution in [1.82, 2.24) is 4.90 Å². The first-order chi connectivity index (χ1) is 14.9. The normalized spacial score (nSPS) is 13.3. The van der Waals surface area contributed by atoms with E-state index in [1.807, 2.05) is 48.5 Å². The number of ether oxygens (including phenoxy) is 1. The summed E-state index contributed by atoms with van der Waals surface area (Å²) >= 11 is 0. The Labute approximate surface area is 177 Å². The molecule has 0 saturated heterocycles. The van der Waals surface area contributed by atoms with Gasteiger partial charge in [-0.25, -0.2) is 18.4 Å². The summed E-state index contributed by atoms with van der Waals surface area (Å²) in [7, 11) is 1.14. The Kier molecular flexibility index (Phi) is 5.42. The highest BCUT2D eigenvalue weighted by Gasteiger charge is 2.35. The summed E-state index contributed by atoms with van der Waals surface area (Å²) in [5.74, 6) is -3.89. The SMILES string of the molecule is CN(C(=O)OCC1c2ccccc2-c2ccccc21)C(C(=O)O)c1c(F)cccc1F. The van der Waals surface area contributed by atoms with Gasteiger partial charge in [0.1, 0.15) is 18.2 Å². The van der Waals surface area contributed by atoms with E-state index in [2.05, 4.69) is 0 Å². The molecule has 31 heavy (non-hydrogen) atoms. The molecule has 3 aromatic rings. The lowest BCUT2D eigenvalue weighted by Gasteiger charge is -2.26. The molecule has 0 aromatic heterocycles. The van der Waals surface area contributed by atoms with Crippen molar-refractivity contribution in [2.45, 2.75) is 12.0 Å². The summed E-state index contributed by atoms with van der Waals surface area (Å²) in [6, 6.07) is 16.7. The number of fused-ring (bicyclic) bond motifs is 3. The van der Waals surface area contributed by atoms with Crippen LogP contribution in [0.4, 0.5) is 13.6 Å². The molecule has 1 atom stereocenters. The van der Waals surface area contributed by atoms with Crippen LogP contribution in [0.3, 0.4) is 0 Å². The van der Waals surface area contributed by atoms with Crippen LogP contribution in [-0.4, -0.2) is 35.7 Å². The summed E-state index contributed by atoms with van der Waals surface area (Å²) in [4.78, 5) is 25.1. The van der Waals surface area contributed by atoms with E-state index >= 15 is 0 Å². The molecule has 158 valence electrons. The summed E-state index contributed by atoms with van der Waals surface area (Å²) in [6.07, 6.45) is -0.989. The number of carbonyl (C=O) groups is 2. The molecule has 5 nitrogen and oxygen atoms in total. The molecule has 1 aliphatic carbocycles. The van der Waals surface area contributed by atoms with E-state index in [4.69, 9.17) is 4.74 Å². The average molecular weight is 423 g/mol. The van der Waals surface area contributed by atoms with Gasteiger partial charge in [-0.2, -0.15) is 0 Å². The number of hydrogen-bond donors (Lipinski definition) is 1. The molecule has 1 N–H and O–H groups in total. The van der Waals surface area contributed by atoms with E-state index in [9.17, 15) is 23.5 Å². The maximum atomic E-state index is 14.2. The quantitative estimate of drug-likeness (QED) is 0.629. The highest BCUT2D eigenvalue weighted by atomic mass is 19.1. The van der Waals surface area contributed by atoms with Crippen LogP contribution in [0, 0.1) is 11.6 Å². The van der Waals surface area contributed by atoms with E-state index in [-0.39, 0.29) is 12.5 Å². The Balaban J connectivity index is 1.57. The topological polar surface area (TPSA) is 66.8 Å². The number of carbonyl (C=O) groups excluding carboxylic acids is 1. The maximum Gasteiger partial charge on any atom is 0.410 e. The van der Waals surface area contributed by atoms with Gasteiger partial charge in [0, 0.05) is 13.0 Å². The first kappa shape index (κ1) is 20.5. The van der Waals surface area contributed by atoms with Crippen LogP contribution >= 0.6 is 0 Å². The molecule has 1 unspecified atom stereocenters. The van der Waals surface area contributed by atoms with Crippen LogP contribution in [0.15, 0.2) is 66.7 Å². The van der Waals surface area contributed by atoms with Crippen molar-refractivity contribution >= 4 is 12.1 Å². The Morgan fingerprint density at radius 2 is 1.45 bits per heavy atom. The number of hydrogen-bond acceptors (Lipinski definition) is 3. The van der Waals surface area contributed by atoms with Gasteiger partial charge in [0.25, 0.3) is 0 Å². The van der Waals surface area contributed by atoms with Crippen molar-refractivity contribution in [3.8, 4) is 11.1 Å². The summed E-state index contributed by atoms with van der Waals surface area (Å²) in [5.41, 5.74) is 3.36. The van der Waals surface area contributed by atoms with Gasteiger partial charge < -0.3 is 9.84 Å². The van der Waals surface area contributed by atoms with Crippen molar-refractivity contribution in [1.29, 1.82) is 0 Å². The number of halogens is 2. The summed E-state index contributed by atoms with van der Waals surface area (Å²) in [5, 5.41) is 9.55. The number of amides is 1. The van der Waals surface area contributed by atoms with Crippen LogP contribution in [0.1, 0.15) is 28.7 Å². The molecule has 0 aliphatic heterocycles. The zero-order valence-electron chi connectivity index (χ0n) is 16.6. The standard InChI is InChI=1S/C24H19F2NO4/c1-27(22(23(28)29)21-19(25)11-6-12-20(21)26)24(30)31-13-18-16-9-4-2-7-14(16)15-8-3-5-10-17(15)18/h2-12,18,22H,13H2,1H3,(H,28,29). The van der Waals surface area contributed by atoms with Gasteiger partial charge >= 0.3 is 12.1 Å². The van der Waals surface area contributed by atoms with Gasteiger partial charge in [-0.15, -0.1) is 0 Å². The number of likely N-dealkylation sites (N-methyl/N-ethyl adjacent to an activating group) is 1. The van der Waals surface area contributed by atoms with Crippen molar-refractivity contribution < 1.29 is 28.2 Å². The molecule has 1 aliphatic rings. The Morgan fingerprint density at radius 3 is 1.97 bits per heavy atom. The minimum atomic E-state index is -1.86. The molecule has 0 bridgehead atoms. The van der Waals surface area contributed by atoms with Crippen molar-refractivity contribution in [2.24, 2.45) is 0 Å². The van der Waals surface area contributed by atoms with E-state index in [1.54, 1.807) is 0 Å². The maximum absolute atomic E-state index is 14.2. The molecular formula is C24H19F2NO4. The molecule has 7 heteroatoms. The fourth-order valence-corrected chi connectivity index (χ4v) is 4.06. The predicted molar refractivity (Wildman–Crippen MR) is 110 cm³/mol. The third-order valence-electron chi connectivity index (χ3n) is 5.52. The lowest BCUT2D eigenvalue weighted by molar-refractivity contribution is -0.142. The first-order valence-corrected chi connectivity index (χ1v) is 9.64. The second-order valence-electron chi connectivity index (χ2n) is 7.29. The molecule has 0 heterocycles. The molecular weight excluding hydrogens is 404 g/mol. The third kappa shape index (κ3) is 3.63. The fraction of sp³-hybridized carbons (Fsp3) is 0.167. The minimum Gasteiger partial charge on any atom is -0.479 e. The highest BCUT2D eigenvalue weighted by molar-refractivity contribution is 5.82. The summed E-state index contributed by atoms with van der Waals surface area (Å²) < 4.78 is 33.7. The van der Waals surface area contributed by atoms with Crippen LogP contribution < -0.4 is 0 Å². The number of nitrogens with zero attached hydrogens (tertiary/aromatic N) is 1. The lowest BCUT2D eigenvalue weighted by atomic mass is 9.98. The van der Waals surface area contributed by atoms with Gasteiger partial charge in [-0.3, -0.25) is 4.90 Å². The molecule has 0 radical (unpaired) electrons. The minimum absolute atomic E-state index is 0.0384. The van der Waals surface area contributed by atoms with Gasteiger partial charge in [0.15, 0.2) is 6.04 Å². The van der Waals surface area contributed by atoms with Crippen LogP contribution in [0.2, 0.25) is 0 Å². The second kappa shape index (κ2) is 8.18. The van der Waals surface area contributed by atoms with Crippen LogP contribution in [-0.2, 0) is 9.53 Å². The monoisotopic (exact) mass is 423 g/mol. The van der Waals surface area contributed by atoms with Crippen molar-refractivity contribution in [2.75, 3.05) is 13.7 Å². The number of rotatable bonds is 5. The molecule has 3 aromatic carbocycles.